The second kappa shape index (κ2) is 0.954. The summed E-state index contributed by atoms with van der Waals surface area (Å²) in [6.45, 7) is 1.97. The average Bonchev–Trinajstić information content (AvgIpc) is 2.12. The van der Waals surface area contributed by atoms with Crippen molar-refractivity contribution in [3.05, 3.63) is 6.29 Å². The van der Waals surface area contributed by atoms with Gasteiger partial charge in [0.05, 0.1) is 0 Å². The Morgan fingerprint density at radius 2 is 2.20 bits per heavy atom. The lowest BCUT2D eigenvalue weighted by Crippen LogP contribution is -1.58. The molecule has 1 heterocycles. The van der Waals surface area contributed by atoms with Gasteiger partial charge in [-0.05, 0) is 0 Å². The van der Waals surface area contributed by atoms with Crippen molar-refractivity contribution >= 4 is 0 Å². The summed E-state index contributed by atoms with van der Waals surface area (Å²) in [5, 5.41) is 0. The molecule has 29 valence electrons. The van der Waals surface area contributed by atoms with Crippen molar-refractivity contribution in [3.63, 3.8) is 0 Å². The monoisotopic (exact) mass is 73.0 g/mol. The van der Waals surface area contributed by atoms with E-state index < -0.39 is 0 Å². The van der Waals surface area contributed by atoms with Crippen molar-refractivity contribution < 1.29 is 9.78 Å². The van der Waals surface area contributed by atoms with Gasteiger partial charge in [0.25, 0.3) is 6.29 Å². The predicted molar refractivity (Wildman–Crippen MR) is 15.7 cm³/mol. The van der Waals surface area contributed by atoms with E-state index in [9.17, 15) is 0 Å². The maximum atomic E-state index is 4.27. The molecule has 0 aromatic rings. The van der Waals surface area contributed by atoms with E-state index >= 15 is 0 Å². The highest BCUT2D eigenvalue weighted by Crippen LogP contribution is 2.24. The van der Waals surface area contributed by atoms with Gasteiger partial charge in [-0.2, -0.15) is 9.78 Å². The Hall–Kier alpha value is -0.0800. The molecule has 0 saturated carbocycles. The van der Waals surface area contributed by atoms with Gasteiger partial charge in [0.15, 0.2) is 0 Å². The van der Waals surface area contributed by atoms with Gasteiger partial charge in [0.1, 0.15) is 0 Å². The Kier molecular flexibility index (Phi) is 0.596. The van der Waals surface area contributed by atoms with Gasteiger partial charge >= 0.3 is 0 Å². The highest BCUT2D eigenvalue weighted by atomic mass is 17.4. The number of hydrogen-bond acceptors (Lipinski definition) is 2. The summed E-state index contributed by atoms with van der Waals surface area (Å²) in [7, 11) is 0. The van der Waals surface area contributed by atoms with Crippen LogP contribution in [0.3, 0.4) is 0 Å². The fourth-order valence-corrected chi connectivity index (χ4v) is 0.147. The molecule has 0 amide bonds. The summed E-state index contributed by atoms with van der Waals surface area (Å²) in [6.07, 6.45) is 1.64. The lowest BCUT2D eigenvalue weighted by molar-refractivity contribution is 0.0850. The lowest BCUT2D eigenvalue weighted by Gasteiger charge is -1.59. The van der Waals surface area contributed by atoms with Crippen molar-refractivity contribution in [2.24, 2.45) is 0 Å². The molecule has 0 aliphatic carbocycles. The summed E-state index contributed by atoms with van der Waals surface area (Å²) in [5.74, 6) is 0. The van der Waals surface area contributed by atoms with Crippen LogP contribution in [-0.4, -0.2) is 0 Å². The van der Waals surface area contributed by atoms with Crippen molar-refractivity contribution in [3.8, 4) is 0 Å². The molecule has 1 saturated heterocycles. The lowest BCUT2D eigenvalue weighted by atomic mass is 10.5. The molecular formula is C3H5O2. The Balaban J connectivity index is 2.00. The van der Waals surface area contributed by atoms with Crippen molar-refractivity contribution in [1.82, 2.24) is 0 Å². The molecule has 1 rings (SSSR count). The Labute approximate surface area is 30.6 Å². The van der Waals surface area contributed by atoms with Gasteiger partial charge in [0, 0.05) is 6.42 Å². The fourth-order valence-electron chi connectivity index (χ4n) is 0.147. The molecule has 0 aromatic carbocycles. The van der Waals surface area contributed by atoms with Crippen molar-refractivity contribution in [1.29, 1.82) is 0 Å². The normalized spacial score (nSPS) is 23.4. The summed E-state index contributed by atoms with van der Waals surface area (Å²) < 4.78 is 0. The molecule has 5 heavy (non-hydrogen) atoms. The largest absolute Gasteiger partial charge is 0.292 e. The van der Waals surface area contributed by atoms with Crippen LogP contribution in [0.1, 0.15) is 13.3 Å². The molecule has 1 radical (unpaired) electrons. The van der Waals surface area contributed by atoms with E-state index in [4.69, 9.17) is 0 Å². The molecule has 2 nitrogen and oxygen atoms in total. The zero-order valence-corrected chi connectivity index (χ0v) is 3.02. The predicted octanol–water partition coefficient (Wildman–Crippen LogP) is 0.848. The van der Waals surface area contributed by atoms with E-state index in [1.165, 1.54) is 0 Å². The van der Waals surface area contributed by atoms with Crippen LogP contribution in [0.2, 0.25) is 0 Å². The first-order valence-electron chi connectivity index (χ1n) is 1.64. The molecule has 0 atom stereocenters. The summed E-state index contributed by atoms with van der Waals surface area (Å²) >= 11 is 0. The molecule has 0 spiro atoms. The maximum absolute atomic E-state index is 4.27. The summed E-state index contributed by atoms with van der Waals surface area (Å²) in [4.78, 5) is 8.55. The van der Waals surface area contributed by atoms with Gasteiger partial charge < -0.3 is 0 Å². The average molecular weight is 73.1 g/mol. The minimum Gasteiger partial charge on any atom is -0.188 e. The van der Waals surface area contributed by atoms with Crippen molar-refractivity contribution in [2.75, 3.05) is 0 Å². The van der Waals surface area contributed by atoms with E-state index in [0.29, 0.717) is 0 Å². The van der Waals surface area contributed by atoms with Gasteiger partial charge in [-0.1, -0.05) is 6.92 Å². The van der Waals surface area contributed by atoms with Crippen LogP contribution in [-0.2, 0) is 9.78 Å². The first-order chi connectivity index (χ1) is 2.43. The summed E-state index contributed by atoms with van der Waals surface area (Å²) in [5.41, 5.74) is 0. The van der Waals surface area contributed by atoms with Crippen LogP contribution in [0.25, 0.3) is 0 Å². The second-order valence-corrected chi connectivity index (χ2v) is 0.892. The van der Waals surface area contributed by atoms with E-state index in [-0.39, 0.29) is 0 Å². The highest BCUT2D eigenvalue weighted by Gasteiger charge is 2.25. The molecule has 1 fully saturated rings. The van der Waals surface area contributed by atoms with Crippen LogP contribution in [0.15, 0.2) is 0 Å². The molecule has 0 aromatic heterocycles. The molecule has 1 aliphatic heterocycles. The Bertz CT molecular complexity index is 31.9. The second-order valence-electron chi connectivity index (χ2n) is 0.892. The SMILES string of the molecule is CC[C]1OO1. The number of rotatable bonds is 1. The van der Waals surface area contributed by atoms with E-state index in [0.717, 1.165) is 12.7 Å². The van der Waals surface area contributed by atoms with Gasteiger partial charge in [-0.25, -0.2) is 0 Å². The molecule has 0 bridgehead atoms. The number of hydrogen-bond donors (Lipinski definition) is 0. The van der Waals surface area contributed by atoms with Gasteiger partial charge in [0.2, 0.25) is 0 Å². The quantitative estimate of drug-likeness (QED) is 0.339. The van der Waals surface area contributed by atoms with Crippen LogP contribution < -0.4 is 0 Å². The summed E-state index contributed by atoms with van der Waals surface area (Å²) in [6, 6.07) is 0. The van der Waals surface area contributed by atoms with Crippen LogP contribution in [0.4, 0.5) is 0 Å². The van der Waals surface area contributed by atoms with E-state index in [2.05, 4.69) is 9.78 Å². The topological polar surface area (TPSA) is 25.1 Å². The standard InChI is InChI=1S/C3H5O2/c1-2-3-4-5-3/h2H2,1H3. The molecule has 1 aliphatic rings. The zero-order valence-electron chi connectivity index (χ0n) is 3.02. The smallest absolute Gasteiger partial charge is 0.188 e. The third-order valence-electron chi connectivity index (χ3n) is 0.490. The van der Waals surface area contributed by atoms with Crippen LogP contribution in [0, 0.1) is 6.29 Å². The van der Waals surface area contributed by atoms with Gasteiger partial charge in [-0.15, -0.1) is 0 Å². The molecular weight excluding hydrogens is 68.0 g/mol. The van der Waals surface area contributed by atoms with E-state index in [1.807, 2.05) is 6.92 Å². The van der Waals surface area contributed by atoms with Crippen LogP contribution in [0.5, 0.6) is 0 Å². The Morgan fingerprint density at radius 1 is 1.60 bits per heavy atom. The first kappa shape index (κ1) is 3.12. The Morgan fingerprint density at radius 3 is 2.20 bits per heavy atom. The third kappa shape index (κ3) is 0.597. The minimum atomic E-state index is 0.755. The third-order valence-corrected chi connectivity index (χ3v) is 0.490. The van der Waals surface area contributed by atoms with Crippen molar-refractivity contribution in [2.45, 2.75) is 13.3 Å². The maximum Gasteiger partial charge on any atom is 0.292 e. The van der Waals surface area contributed by atoms with Crippen LogP contribution >= 0.6 is 0 Å². The molecule has 2 heteroatoms. The minimum absolute atomic E-state index is 0.755. The first-order valence-corrected chi connectivity index (χ1v) is 1.64. The van der Waals surface area contributed by atoms with E-state index in [1.54, 1.807) is 0 Å². The fraction of sp³-hybridized carbons (Fsp3) is 0.667. The highest BCUT2D eigenvalue weighted by molar-refractivity contribution is 4.63. The van der Waals surface area contributed by atoms with Gasteiger partial charge in [-0.3, -0.25) is 0 Å². The molecule has 0 N–H and O–H groups in total. The molecule has 0 unspecified atom stereocenters. The zero-order chi connectivity index (χ0) is 3.70.